The lowest BCUT2D eigenvalue weighted by Crippen LogP contribution is -2.54. The molecule has 1 aliphatic heterocycles. The van der Waals surface area contributed by atoms with Gasteiger partial charge in [-0.15, -0.1) is 0 Å². The van der Waals surface area contributed by atoms with Crippen molar-refractivity contribution in [2.24, 2.45) is 0 Å². The number of amides is 2. The van der Waals surface area contributed by atoms with Gasteiger partial charge in [0.05, 0.1) is 10.6 Å². The summed E-state index contributed by atoms with van der Waals surface area (Å²) in [5.74, 6) is -0.532. The van der Waals surface area contributed by atoms with Crippen LogP contribution in [0.2, 0.25) is 5.02 Å². The number of nitro groups is 1. The van der Waals surface area contributed by atoms with Gasteiger partial charge in [0.1, 0.15) is 17.1 Å². The van der Waals surface area contributed by atoms with Crippen molar-refractivity contribution in [2.45, 2.75) is 13.8 Å². The van der Waals surface area contributed by atoms with Crippen LogP contribution < -0.4 is 10.2 Å². The first kappa shape index (κ1) is 22.4. The van der Waals surface area contributed by atoms with Crippen LogP contribution >= 0.6 is 23.8 Å². The molecule has 0 bridgehead atoms. The maximum absolute atomic E-state index is 13.1. The Morgan fingerprint density at radius 3 is 2.42 bits per heavy atom. The molecular weight excluding hydrogens is 466 g/mol. The van der Waals surface area contributed by atoms with Crippen molar-refractivity contribution in [1.29, 1.82) is 0 Å². The van der Waals surface area contributed by atoms with E-state index in [-0.39, 0.29) is 22.1 Å². The number of nitro benzene ring substituents is 1. The molecule has 4 rings (SSSR count). The Bertz CT molecular complexity index is 1360. The Morgan fingerprint density at radius 2 is 1.76 bits per heavy atom. The molecule has 0 saturated carbocycles. The molecule has 8 nitrogen and oxygen atoms in total. The zero-order valence-electron chi connectivity index (χ0n) is 17.4. The highest BCUT2D eigenvalue weighted by Crippen LogP contribution is 2.33. The second-order valence-electron chi connectivity index (χ2n) is 7.28. The van der Waals surface area contributed by atoms with Gasteiger partial charge in [-0.2, -0.15) is 0 Å². The summed E-state index contributed by atoms with van der Waals surface area (Å²) in [4.78, 5) is 37.5. The number of benzene rings is 2. The van der Waals surface area contributed by atoms with E-state index in [1.54, 1.807) is 56.3 Å². The summed E-state index contributed by atoms with van der Waals surface area (Å²) < 4.78 is 5.84. The van der Waals surface area contributed by atoms with Crippen molar-refractivity contribution in [3.8, 4) is 11.3 Å². The van der Waals surface area contributed by atoms with E-state index in [0.29, 0.717) is 33.2 Å². The number of rotatable bonds is 4. The first-order valence-corrected chi connectivity index (χ1v) is 10.5. The van der Waals surface area contributed by atoms with Gasteiger partial charge in [0, 0.05) is 22.2 Å². The summed E-state index contributed by atoms with van der Waals surface area (Å²) >= 11 is 11.1. The number of halogens is 1. The quantitative estimate of drug-likeness (QED) is 0.186. The van der Waals surface area contributed by atoms with Crippen LogP contribution in [0.25, 0.3) is 17.4 Å². The summed E-state index contributed by atoms with van der Waals surface area (Å²) in [6, 6.07) is 12.8. The largest absolute Gasteiger partial charge is 0.457 e. The molecule has 0 unspecified atom stereocenters. The third-order valence-electron chi connectivity index (χ3n) is 5.32. The molecule has 1 saturated heterocycles. The third-order valence-corrected chi connectivity index (χ3v) is 5.86. The molecule has 3 aromatic rings. The van der Waals surface area contributed by atoms with Gasteiger partial charge in [-0.3, -0.25) is 29.9 Å². The minimum absolute atomic E-state index is 0.0212. The maximum atomic E-state index is 13.1. The van der Waals surface area contributed by atoms with E-state index in [4.69, 9.17) is 28.2 Å². The van der Waals surface area contributed by atoms with Gasteiger partial charge >= 0.3 is 0 Å². The minimum atomic E-state index is -0.643. The van der Waals surface area contributed by atoms with Crippen LogP contribution in [-0.2, 0) is 9.59 Å². The second kappa shape index (κ2) is 8.61. The molecule has 1 aromatic heterocycles. The van der Waals surface area contributed by atoms with Crippen LogP contribution in [0.1, 0.15) is 16.9 Å². The fourth-order valence-electron chi connectivity index (χ4n) is 3.47. The number of nitrogens with zero attached hydrogens (tertiary/aromatic N) is 2. The Hall–Kier alpha value is -3.82. The molecule has 0 atom stereocenters. The van der Waals surface area contributed by atoms with Crippen LogP contribution in [0.15, 0.2) is 58.5 Å². The van der Waals surface area contributed by atoms with Gasteiger partial charge in [-0.1, -0.05) is 11.6 Å². The van der Waals surface area contributed by atoms with E-state index in [1.165, 1.54) is 17.0 Å². The Balaban J connectivity index is 1.68. The van der Waals surface area contributed by atoms with Crippen LogP contribution in [0.3, 0.4) is 0 Å². The monoisotopic (exact) mass is 481 g/mol. The summed E-state index contributed by atoms with van der Waals surface area (Å²) in [5, 5.41) is 14.1. The zero-order valence-corrected chi connectivity index (χ0v) is 19.0. The zero-order chi connectivity index (χ0) is 23.9. The molecule has 2 heterocycles. The molecule has 1 fully saturated rings. The summed E-state index contributed by atoms with van der Waals surface area (Å²) in [7, 11) is 0. The van der Waals surface area contributed by atoms with Crippen molar-refractivity contribution < 1.29 is 18.9 Å². The van der Waals surface area contributed by atoms with Crippen molar-refractivity contribution in [2.75, 3.05) is 4.90 Å². The molecular formula is C23H16ClN3O5S. The lowest BCUT2D eigenvalue weighted by atomic mass is 10.00. The highest BCUT2D eigenvalue weighted by atomic mass is 35.5. The summed E-state index contributed by atoms with van der Waals surface area (Å²) in [6.07, 6.45) is 1.33. The van der Waals surface area contributed by atoms with Crippen molar-refractivity contribution >= 4 is 58.2 Å². The average Bonchev–Trinajstić information content (AvgIpc) is 3.22. The molecule has 2 amide bonds. The van der Waals surface area contributed by atoms with E-state index in [1.807, 2.05) is 0 Å². The third kappa shape index (κ3) is 4.15. The molecule has 1 N–H and O–H groups in total. The van der Waals surface area contributed by atoms with Crippen LogP contribution in [0, 0.1) is 24.0 Å². The molecule has 2 aromatic carbocycles. The highest BCUT2D eigenvalue weighted by molar-refractivity contribution is 7.80. The standard InChI is InChI=1S/C23H16ClN3O5S/c1-12-13(2)19(27(30)31)9-8-17(12)20-10-7-16(32-20)11-18-21(28)25-23(33)26(22(18)29)15-5-3-14(24)4-6-15/h3-11H,1-2H3,(H,25,28,33)/b18-11+. The smallest absolute Gasteiger partial charge is 0.272 e. The number of furan rings is 1. The number of hydrogen-bond acceptors (Lipinski definition) is 6. The predicted octanol–water partition coefficient (Wildman–Crippen LogP) is 4.96. The highest BCUT2D eigenvalue weighted by Gasteiger charge is 2.34. The molecule has 0 radical (unpaired) electrons. The van der Waals surface area contributed by atoms with Crippen LogP contribution in [-0.4, -0.2) is 21.9 Å². The number of anilines is 1. The van der Waals surface area contributed by atoms with Gasteiger partial charge in [-0.05, 0) is 80.2 Å². The predicted molar refractivity (Wildman–Crippen MR) is 128 cm³/mol. The fourth-order valence-corrected chi connectivity index (χ4v) is 3.88. The van der Waals surface area contributed by atoms with Crippen molar-refractivity contribution in [3.05, 3.63) is 86.1 Å². The van der Waals surface area contributed by atoms with Gasteiger partial charge in [-0.25, -0.2) is 0 Å². The Kier molecular flexibility index (Phi) is 5.84. The normalized spacial score (nSPS) is 15.2. The Morgan fingerprint density at radius 1 is 1.06 bits per heavy atom. The lowest BCUT2D eigenvalue weighted by molar-refractivity contribution is -0.385. The maximum Gasteiger partial charge on any atom is 0.272 e. The number of hydrogen-bond donors (Lipinski definition) is 1. The number of nitrogens with one attached hydrogen (secondary N) is 1. The molecule has 0 spiro atoms. The van der Waals surface area contributed by atoms with E-state index in [0.717, 1.165) is 0 Å². The van der Waals surface area contributed by atoms with E-state index in [9.17, 15) is 19.7 Å². The van der Waals surface area contributed by atoms with E-state index < -0.39 is 16.7 Å². The average molecular weight is 482 g/mol. The lowest BCUT2D eigenvalue weighted by Gasteiger charge is -2.28. The summed E-state index contributed by atoms with van der Waals surface area (Å²) in [6.45, 7) is 3.43. The van der Waals surface area contributed by atoms with Crippen LogP contribution in [0.5, 0.6) is 0 Å². The first-order valence-electron chi connectivity index (χ1n) is 9.69. The molecule has 33 heavy (non-hydrogen) atoms. The van der Waals surface area contributed by atoms with Gasteiger partial charge < -0.3 is 4.42 Å². The first-order chi connectivity index (χ1) is 15.7. The second-order valence-corrected chi connectivity index (χ2v) is 8.10. The minimum Gasteiger partial charge on any atom is -0.457 e. The van der Waals surface area contributed by atoms with Gasteiger partial charge in [0.2, 0.25) is 0 Å². The van der Waals surface area contributed by atoms with E-state index >= 15 is 0 Å². The number of carbonyl (C=O) groups excluding carboxylic acids is 2. The SMILES string of the molecule is Cc1c(-c2ccc(/C=C3\C(=O)NC(=S)N(c4ccc(Cl)cc4)C3=O)o2)ccc([N+](=O)[O-])c1C. The fraction of sp³-hybridized carbons (Fsp3) is 0.0870. The number of thiocarbonyl (C=S) groups is 1. The molecule has 1 aliphatic rings. The van der Waals surface area contributed by atoms with Crippen molar-refractivity contribution in [1.82, 2.24) is 5.32 Å². The number of carbonyl (C=O) groups is 2. The Labute approximate surface area is 198 Å². The molecule has 10 heteroatoms. The van der Waals surface area contributed by atoms with Crippen molar-refractivity contribution in [3.63, 3.8) is 0 Å². The molecule has 0 aliphatic carbocycles. The summed E-state index contributed by atoms with van der Waals surface area (Å²) in [5.41, 5.74) is 2.22. The topological polar surface area (TPSA) is 106 Å². The van der Waals surface area contributed by atoms with Gasteiger partial charge in [0.25, 0.3) is 17.5 Å². The van der Waals surface area contributed by atoms with Gasteiger partial charge in [0.15, 0.2) is 5.11 Å². The van der Waals surface area contributed by atoms with E-state index in [2.05, 4.69) is 5.32 Å². The van der Waals surface area contributed by atoms with Crippen LogP contribution in [0.4, 0.5) is 11.4 Å². The molecule has 166 valence electrons.